The second kappa shape index (κ2) is 9.55. The van der Waals surface area contributed by atoms with Gasteiger partial charge in [-0.2, -0.15) is 0 Å². The Morgan fingerprint density at radius 3 is 0.842 bits per heavy atom. The Bertz CT molecular complexity index is 1260. The molecule has 0 amide bonds. The maximum atomic E-state index is 13.4. The fourth-order valence-electron chi connectivity index (χ4n) is 4.39. The normalized spacial score (nSPS) is 14.1. The van der Waals surface area contributed by atoms with Crippen molar-refractivity contribution in [1.29, 1.82) is 0 Å². The van der Waals surface area contributed by atoms with E-state index in [1.54, 1.807) is 30.3 Å². The first-order valence-electron chi connectivity index (χ1n) is 10.9. The van der Waals surface area contributed by atoms with Crippen LogP contribution in [0.1, 0.15) is 16.7 Å². The molecule has 38 heavy (non-hydrogen) atoms. The van der Waals surface area contributed by atoms with Crippen molar-refractivity contribution in [3.63, 3.8) is 0 Å². The molecule has 4 aromatic carbocycles. The Hall–Kier alpha value is -2.59. The summed E-state index contributed by atoms with van der Waals surface area (Å²) < 4.78 is 116. The number of halogens is 10. The fraction of sp³-hybridized carbons (Fsp3) is 0.111. The molecule has 0 heterocycles. The third kappa shape index (κ3) is 4.81. The summed E-state index contributed by atoms with van der Waals surface area (Å²) in [6, 6.07) is 21.0. The zero-order valence-electron chi connectivity index (χ0n) is 19.0. The molecule has 200 valence electrons. The summed E-state index contributed by atoms with van der Waals surface area (Å²) in [7, 11) is 0. The van der Waals surface area contributed by atoms with E-state index in [0.29, 0.717) is 21.2 Å². The molecule has 0 aliphatic carbocycles. The van der Waals surface area contributed by atoms with E-state index in [9.17, 15) is 39.5 Å². The Balaban J connectivity index is 2.13. The van der Waals surface area contributed by atoms with E-state index in [4.69, 9.17) is 0 Å². The monoisotopic (exact) mass is 670 g/mol. The number of alkyl halides is 9. The third-order valence-corrected chi connectivity index (χ3v) is 18.0. The van der Waals surface area contributed by atoms with Gasteiger partial charge in [0.25, 0.3) is 0 Å². The van der Waals surface area contributed by atoms with Crippen LogP contribution in [0.25, 0.3) is 0 Å². The van der Waals surface area contributed by atoms with Crippen molar-refractivity contribution in [3.05, 3.63) is 120 Å². The average molecular weight is 670 g/mol. The third-order valence-electron chi connectivity index (χ3n) is 6.28. The van der Waals surface area contributed by atoms with Crippen LogP contribution >= 0.6 is 26.3 Å². The molecule has 0 fully saturated rings. The summed E-state index contributed by atoms with van der Waals surface area (Å²) in [5.41, 5.74) is -2.80. The Labute approximate surface area is 224 Å². The van der Waals surface area contributed by atoms with E-state index in [2.05, 4.69) is 22.0 Å². The average Bonchev–Trinajstić information content (AvgIpc) is 2.87. The Morgan fingerprint density at radius 1 is 0.368 bits per heavy atom. The summed E-state index contributed by atoms with van der Waals surface area (Å²) in [5.74, 6) is 0. The molecule has 0 saturated carbocycles. The van der Waals surface area contributed by atoms with Gasteiger partial charge in [0, 0.05) is 0 Å². The molecule has 11 heteroatoms. The van der Waals surface area contributed by atoms with Crippen LogP contribution < -0.4 is 21.2 Å². The standard InChI is InChI=1S/C27H17F9IP/c28-25(29,30)18-6-12-22(13-7-18)38(37,21-4-2-1-3-5-21,23-14-8-19(9-15-23)26(31,32)33)24-16-10-20(11-17-24)27(34,35)36/h1-17H. The molecule has 0 aliphatic rings. The first kappa shape index (κ1) is 28.4. The van der Waals surface area contributed by atoms with Crippen molar-refractivity contribution in [2.75, 3.05) is 0 Å². The van der Waals surface area contributed by atoms with Crippen molar-refractivity contribution >= 4 is 47.5 Å². The zero-order chi connectivity index (χ0) is 28.0. The fourth-order valence-corrected chi connectivity index (χ4v) is 12.9. The molecule has 4 rings (SSSR count). The van der Waals surface area contributed by atoms with E-state index in [0.717, 1.165) is 36.4 Å². The molecule has 0 nitrogen and oxygen atoms in total. The van der Waals surface area contributed by atoms with Crippen LogP contribution in [-0.2, 0) is 18.5 Å². The minimum absolute atomic E-state index is 0.329. The van der Waals surface area contributed by atoms with Crippen LogP contribution in [0.2, 0.25) is 0 Å². The molecule has 0 radical (unpaired) electrons. The number of hydrogen-bond donors (Lipinski definition) is 0. The quantitative estimate of drug-likeness (QED) is 0.117. The summed E-state index contributed by atoms with van der Waals surface area (Å²) in [6.07, 6.45) is -13.9. The van der Waals surface area contributed by atoms with Gasteiger partial charge in [-0.25, -0.2) is 0 Å². The minimum atomic E-state index is -4.64. The molecular formula is C27H17F9IP. The maximum absolute atomic E-state index is 13.4. The van der Waals surface area contributed by atoms with Crippen LogP contribution in [0.4, 0.5) is 39.5 Å². The van der Waals surface area contributed by atoms with Crippen LogP contribution in [0, 0.1) is 0 Å². The van der Waals surface area contributed by atoms with Gasteiger partial charge in [-0.05, 0) is 0 Å². The van der Waals surface area contributed by atoms with Gasteiger partial charge in [-0.1, -0.05) is 0 Å². The number of benzene rings is 4. The Morgan fingerprint density at radius 2 is 0.605 bits per heavy atom. The van der Waals surface area contributed by atoms with Crippen molar-refractivity contribution in [2.45, 2.75) is 18.5 Å². The first-order chi connectivity index (χ1) is 17.6. The molecule has 4 aromatic rings. The van der Waals surface area contributed by atoms with Gasteiger partial charge in [0.05, 0.1) is 0 Å². The van der Waals surface area contributed by atoms with Gasteiger partial charge in [-0.15, -0.1) is 0 Å². The first-order valence-corrected chi connectivity index (χ1v) is 15.9. The second-order valence-corrected chi connectivity index (χ2v) is 18.4. The summed E-state index contributed by atoms with van der Waals surface area (Å²) >= 11 is 2.06. The van der Waals surface area contributed by atoms with Crippen LogP contribution in [0.15, 0.2) is 103 Å². The van der Waals surface area contributed by atoms with E-state index in [1.165, 1.54) is 36.4 Å². The van der Waals surface area contributed by atoms with E-state index < -0.39 is 39.5 Å². The summed E-state index contributed by atoms with van der Waals surface area (Å²) in [4.78, 5) is 0. The van der Waals surface area contributed by atoms with Gasteiger partial charge in [-0.3, -0.25) is 0 Å². The van der Waals surface area contributed by atoms with Crippen molar-refractivity contribution in [3.8, 4) is 0 Å². The van der Waals surface area contributed by atoms with E-state index >= 15 is 0 Å². The topological polar surface area (TPSA) is 0 Å². The zero-order valence-corrected chi connectivity index (χ0v) is 22.1. The molecule has 0 bridgehead atoms. The van der Waals surface area contributed by atoms with Crippen LogP contribution in [-0.4, -0.2) is 0 Å². The van der Waals surface area contributed by atoms with E-state index in [-0.39, 0.29) is 0 Å². The molecule has 0 saturated heterocycles. The summed E-state index contributed by atoms with van der Waals surface area (Å²) in [5, 5.41) is 1.53. The predicted octanol–water partition coefficient (Wildman–Crippen LogP) is 8.25. The van der Waals surface area contributed by atoms with Crippen LogP contribution in [0.5, 0.6) is 0 Å². The number of hydrogen-bond acceptors (Lipinski definition) is 0. The molecule has 0 atom stereocenters. The molecule has 0 N–H and O–H groups in total. The van der Waals surface area contributed by atoms with Crippen molar-refractivity contribution in [2.24, 2.45) is 0 Å². The SMILES string of the molecule is FC(F)(F)c1ccc(P(I)(c2ccccc2)(c2ccc(C(F)(F)F)cc2)c2ccc(C(F)(F)F)cc2)cc1. The molecule has 0 spiro atoms. The molecule has 0 aliphatic heterocycles. The van der Waals surface area contributed by atoms with Gasteiger partial charge >= 0.3 is 225 Å². The van der Waals surface area contributed by atoms with Gasteiger partial charge < -0.3 is 0 Å². The Kier molecular flexibility index (Phi) is 7.14. The van der Waals surface area contributed by atoms with Gasteiger partial charge in [0.15, 0.2) is 0 Å². The van der Waals surface area contributed by atoms with Gasteiger partial charge in [0.2, 0.25) is 0 Å². The van der Waals surface area contributed by atoms with Crippen LogP contribution in [0.3, 0.4) is 0 Å². The second-order valence-electron chi connectivity index (χ2n) is 8.48. The van der Waals surface area contributed by atoms with Crippen molar-refractivity contribution < 1.29 is 39.5 Å². The number of rotatable bonds is 4. The predicted molar refractivity (Wildman–Crippen MR) is 140 cm³/mol. The summed E-state index contributed by atoms with van der Waals surface area (Å²) in [6.45, 7) is 0. The molecule has 0 aromatic heterocycles. The molecular weight excluding hydrogens is 653 g/mol. The van der Waals surface area contributed by atoms with E-state index in [1.807, 2.05) is 0 Å². The van der Waals surface area contributed by atoms with Crippen molar-refractivity contribution in [1.82, 2.24) is 0 Å². The van der Waals surface area contributed by atoms with Gasteiger partial charge in [0.1, 0.15) is 0 Å². The molecule has 0 unspecified atom stereocenters.